The minimum atomic E-state index is -0.0557. The first-order chi connectivity index (χ1) is 11.1. The quantitative estimate of drug-likeness (QED) is 0.788. The van der Waals surface area contributed by atoms with E-state index in [1.54, 1.807) is 6.20 Å². The van der Waals surface area contributed by atoms with Crippen LogP contribution in [-0.4, -0.2) is 27.2 Å². The third kappa shape index (κ3) is 3.74. The molecule has 0 bridgehead atoms. The number of pyridine rings is 1. The normalized spacial score (nSPS) is 12.3. The molecule has 0 radical (unpaired) electrons. The van der Waals surface area contributed by atoms with Crippen molar-refractivity contribution in [1.82, 2.24) is 20.1 Å². The highest BCUT2D eigenvalue weighted by molar-refractivity contribution is 5.97. The third-order valence-electron chi connectivity index (χ3n) is 3.76. The van der Waals surface area contributed by atoms with Gasteiger partial charge in [0, 0.05) is 42.1 Å². The van der Waals surface area contributed by atoms with Crippen LogP contribution in [0.3, 0.4) is 0 Å². The van der Waals surface area contributed by atoms with E-state index in [1.807, 2.05) is 54.2 Å². The maximum absolute atomic E-state index is 12.3. The number of aromatic nitrogens is 3. The molecule has 1 amide bonds. The van der Waals surface area contributed by atoms with E-state index in [1.165, 1.54) is 0 Å². The number of rotatable bonds is 5. The Morgan fingerprint density at radius 3 is 2.96 bits per heavy atom. The monoisotopic (exact) mass is 308 g/mol. The Kier molecular flexibility index (Phi) is 4.37. The smallest absolute Gasteiger partial charge is 0.251 e. The second kappa shape index (κ2) is 6.60. The minimum Gasteiger partial charge on any atom is -0.352 e. The topological polar surface area (TPSA) is 59.8 Å². The maximum atomic E-state index is 12.3. The van der Waals surface area contributed by atoms with Gasteiger partial charge in [0.15, 0.2) is 0 Å². The van der Waals surface area contributed by atoms with Crippen LogP contribution >= 0.6 is 0 Å². The van der Waals surface area contributed by atoms with Gasteiger partial charge >= 0.3 is 0 Å². The van der Waals surface area contributed by atoms with E-state index in [2.05, 4.69) is 22.3 Å². The van der Waals surface area contributed by atoms with E-state index in [0.717, 1.165) is 23.1 Å². The molecule has 1 atom stereocenters. The lowest BCUT2D eigenvalue weighted by Gasteiger charge is -2.13. The SMILES string of the molecule is Cc1ccc2cc(C(=O)NC[C@@H](C)Cn3cccn3)ccc2n1. The Morgan fingerprint density at radius 1 is 1.30 bits per heavy atom. The Morgan fingerprint density at radius 2 is 2.17 bits per heavy atom. The van der Waals surface area contributed by atoms with Crippen LogP contribution in [0.15, 0.2) is 48.8 Å². The van der Waals surface area contributed by atoms with Gasteiger partial charge < -0.3 is 5.32 Å². The Hall–Kier alpha value is -2.69. The highest BCUT2D eigenvalue weighted by atomic mass is 16.1. The second-order valence-corrected chi connectivity index (χ2v) is 5.90. The van der Waals surface area contributed by atoms with Crippen LogP contribution < -0.4 is 5.32 Å². The molecule has 0 spiro atoms. The average molecular weight is 308 g/mol. The molecular weight excluding hydrogens is 288 g/mol. The van der Waals surface area contributed by atoms with Gasteiger partial charge in [-0.3, -0.25) is 14.5 Å². The number of aryl methyl sites for hydroxylation is 1. The zero-order valence-electron chi connectivity index (χ0n) is 13.4. The Balaban J connectivity index is 1.62. The van der Waals surface area contributed by atoms with E-state index in [0.29, 0.717) is 18.0 Å². The van der Waals surface area contributed by atoms with Crippen LogP contribution in [-0.2, 0) is 6.54 Å². The minimum absolute atomic E-state index is 0.0557. The summed E-state index contributed by atoms with van der Waals surface area (Å²) in [7, 11) is 0. The molecule has 0 unspecified atom stereocenters. The van der Waals surface area contributed by atoms with Gasteiger partial charge in [-0.05, 0) is 43.2 Å². The fourth-order valence-corrected chi connectivity index (χ4v) is 2.53. The summed E-state index contributed by atoms with van der Waals surface area (Å²) in [6.07, 6.45) is 3.69. The molecule has 118 valence electrons. The summed E-state index contributed by atoms with van der Waals surface area (Å²) >= 11 is 0. The van der Waals surface area contributed by atoms with Crippen molar-refractivity contribution in [2.45, 2.75) is 20.4 Å². The van der Waals surface area contributed by atoms with Crippen molar-refractivity contribution in [3.8, 4) is 0 Å². The number of amides is 1. The van der Waals surface area contributed by atoms with Crippen LogP contribution in [0.5, 0.6) is 0 Å². The summed E-state index contributed by atoms with van der Waals surface area (Å²) in [5.74, 6) is 0.253. The fourth-order valence-electron chi connectivity index (χ4n) is 2.53. The fraction of sp³-hybridized carbons (Fsp3) is 0.278. The predicted octanol–water partition coefficient (Wildman–Crippen LogP) is 2.81. The molecule has 0 saturated carbocycles. The molecule has 0 aliphatic carbocycles. The highest BCUT2D eigenvalue weighted by Gasteiger charge is 2.09. The van der Waals surface area contributed by atoms with Crippen molar-refractivity contribution < 1.29 is 4.79 Å². The van der Waals surface area contributed by atoms with Crippen molar-refractivity contribution in [2.24, 2.45) is 5.92 Å². The van der Waals surface area contributed by atoms with Crippen molar-refractivity contribution in [3.05, 3.63) is 60.0 Å². The van der Waals surface area contributed by atoms with Crippen LogP contribution in [0.1, 0.15) is 23.0 Å². The lowest BCUT2D eigenvalue weighted by atomic mass is 10.1. The first-order valence-corrected chi connectivity index (χ1v) is 7.75. The predicted molar refractivity (Wildman–Crippen MR) is 90.2 cm³/mol. The van der Waals surface area contributed by atoms with Gasteiger partial charge in [-0.1, -0.05) is 13.0 Å². The van der Waals surface area contributed by atoms with Crippen molar-refractivity contribution in [3.63, 3.8) is 0 Å². The lowest BCUT2D eigenvalue weighted by molar-refractivity contribution is 0.0946. The molecule has 0 saturated heterocycles. The second-order valence-electron chi connectivity index (χ2n) is 5.90. The summed E-state index contributed by atoms with van der Waals surface area (Å²) in [5, 5.41) is 8.15. The third-order valence-corrected chi connectivity index (χ3v) is 3.76. The number of carbonyl (C=O) groups is 1. The van der Waals surface area contributed by atoms with Gasteiger partial charge in [0.25, 0.3) is 5.91 Å². The molecule has 2 aromatic heterocycles. The van der Waals surface area contributed by atoms with Crippen LogP contribution in [0.25, 0.3) is 10.9 Å². The number of benzene rings is 1. The number of fused-ring (bicyclic) bond motifs is 1. The number of hydrogen-bond donors (Lipinski definition) is 1. The van der Waals surface area contributed by atoms with E-state index in [-0.39, 0.29) is 5.91 Å². The molecular formula is C18H20N4O. The summed E-state index contributed by atoms with van der Waals surface area (Å²) in [4.78, 5) is 16.8. The van der Waals surface area contributed by atoms with Gasteiger partial charge in [0.1, 0.15) is 0 Å². The molecule has 1 aromatic carbocycles. The standard InChI is InChI=1S/C18H20N4O/c1-13(12-22-9-3-8-20-22)11-19-18(23)16-6-7-17-15(10-16)5-4-14(2)21-17/h3-10,13H,11-12H2,1-2H3,(H,19,23)/t13-/m1/s1. The molecule has 5 nitrogen and oxygen atoms in total. The van der Waals surface area contributed by atoms with Crippen molar-refractivity contribution >= 4 is 16.8 Å². The molecule has 0 aliphatic heterocycles. The first kappa shape index (κ1) is 15.2. The molecule has 3 rings (SSSR count). The van der Waals surface area contributed by atoms with Crippen molar-refractivity contribution in [1.29, 1.82) is 0 Å². The number of hydrogen-bond acceptors (Lipinski definition) is 3. The molecule has 0 aliphatic rings. The molecule has 1 N–H and O–H groups in total. The van der Waals surface area contributed by atoms with E-state index >= 15 is 0 Å². The summed E-state index contributed by atoms with van der Waals surface area (Å²) in [5.41, 5.74) is 2.55. The van der Waals surface area contributed by atoms with Gasteiger partial charge in [0.2, 0.25) is 0 Å². The lowest BCUT2D eigenvalue weighted by Crippen LogP contribution is -2.30. The van der Waals surface area contributed by atoms with E-state index in [4.69, 9.17) is 0 Å². The van der Waals surface area contributed by atoms with Gasteiger partial charge in [0.05, 0.1) is 5.52 Å². The van der Waals surface area contributed by atoms with Gasteiger partial charge in [-0.15, -0.1) is 0 Å². The van der Waals surface area contributed by atoms with E-state index < -0.39 is 0 Å². The zero-order chi connectivity index (χ0) is 16.2. The van der Waals surface area contributed by atoms with Crippen LogP contribution in [0.2, 0.25) is 0 Å². The number of nitrogens with zero attached hydrogens (tertiary/aromatic N) is 3. The molecule has 23 heavy (non-hydrogen) atoms. The molecule has 2 heterocycles. The molecule has 5 heteroatoms. The van der Waals surface area contributed by atoms with Crippen LogP contribution in [0.4, 0.5) is 0 Å². The van der Waals surface area contributed by atoms with Gasteiger partial charge in [-0.25, -0.2) is 0 Å². The Bertz CT molecular complexity index is 811. The average Bonchev–Trinajstić information content (AvgIpc) is 3.05. The maximum Gasteiger partial charge on any atom is 0.251 e. The summed E-state index contributed by atoms with van der Waals surface area (Å²) < 4.78 is 1.88. The Labute approximate surface area is 135 Å². The summed E-state index contributed by atoms with van der Waals surface area (Å²) in [6, 6.07) is 11.4. The van der Waals surface area contributed by atoms with E-state index in [9.17, 15) is 4.79 Å². The highest BCUT2D eigenvalue weighted by Crippen LogP contribution is 2.15. The summed E-state index contributed by atoms with van der Waals surface area (Å²) in [6.45, 7) is 5.45. The largest absolute Gasteiger partial charge is 0.352 e. The van der Waals surface area contributed by atoms with Gasteiger partial charge in [-0.2, -0.15) is 5.10 Å². The number of nitrogens with one attached hydrogen (secondary N) is 1. The molecule has 0 fully saturated rings. The van der Waals surface area contributed by atoms with Crippen molar-refractivity contribution in [2.75, 3.05) is 6.54 Å². The van der Waals surface area contributed by atoms with Crippen LogP contribution in [0, 0.1) is 12.8 Å². The first-order valence-electron chi connectivity index (χ1n) is 7.75. The zero-order valence-corrected chi connectivity index (χ0v) is 13.4. The number of carbonyl (C=O) groups excluding carboxylic acids is 1. The molecule has 3 aromatic rings.